The fourth-order valence-corrected chi connectivity index (χ4v) is 7.06. The van der Waals surface area contributed by atoms with E-state index < -0.39 is 23.3 Å². The molecule has 1 aromatic rings. The number of primary amides is 1. The van der Waals surface area contributed by atoms with Crippen LogP contribution in [0.1, 0.15) is 44.6 Å². The zero-order valence-corrected chi connectivity index (χ0v) is 19.9. The van der Waals surface area contributed by atoms with Crippen LogP contribution in [0.15, 0.2) is 40.9 Å². The van der Waals surface area contributed by atoms with Crippen LogP contribution in [0, 0.1) is 23.2 Å². The van der Waals surface area contributed by atoms with Gasteiger partial charge in [0, 0.05) is 23.5 Å². The van der Waals surface area contributed by atoms with Gasteiger partial charge in [0.2, 0.25) is 17.7 Å². The van der Waals surface area contributed by atoms with Crippen LogP contribution in [-0.4, -0.2) is 41.8 Å². The molecule has 0 radical (unpaired) electrons. The number of hydrogen-bond acceptors (Lipinski definition) is 3. The Kier molecular flexibility index (Phi) is 5.23. The number of likely N-dealkylation sites (tertiary alicyclic amines) is 1. The lowest BCUT2D eigenvalue weighted by molar-refractivity contribution is -0.140. The van der Waals surface area contributed by atoms with Gasteiger partial charge in [-0.3, -0.25) is 14.4 Å². The smallest absolute Gasteiger partial charge is 0.244 e. The maximum absolute atomic E-state index is 13.8. The van der Waals surface area contributed by atoms with Crippen molar-refractivity contribution in [2.75, 3.05) is 13.1 Å². The molecule has 1 heterocycles. The van der Waals surface area contributed by atoms with Gasteiger partial charge >= 0.3 is 0 Å². The molecule has 0 aromatic heterocycles. The molecule has 3 fully saturated rings. The van der Waals surface area contributed by atoms with Gasteiger partial charge in [0.15, 0.2) is 0 Å². The summed E-state index contributed by atoms with van der Waals surface area (Å²) in [6, 6.07) is 6.97. The van der Waals surface area contributed by atoms with E-state index in [1.807, 2.05) is 29.2 Å². The Morgan fingerprint density at radius 2 is 1.75 bits per heavy atom. The average molecular weight is 500 g/mol. The quantitative estimate of drug-likeness (QED) is 0.609. The average Bonchev–Trinajstić information content (AvgIpc) is 3.46. The lowest BCUT2D eigenvalue weighted by Crippen LogP contribution is -2.57. The molecule has 5 rings (SSSR count). The van der Waals surface area contributed by atoms with Gasteiger partial charge in [-0.15, -0.1) is 0 Å². The van der Waals surface area contributed by atoms with Crippen molar-refractivity contribution in [3.05, 3.63) is 46.5 Å². The Bertz CT molecular complexity index is 981. The first kappa shape index (κ1) is 21.7. The van der Waals surface area contributed by atoms with Crippen molar-refractivity contribution in [1.82, 2.24) is 10.2 Å². The first-order valence-electron chi connectivity index (χ1n) is 11.7. The maximum atomic E-state index is 13.8. The van der Waals surface area contributed by atoms with Gasteiger partial charge in [0.05, 0.1) is 11.3 Å². The summed E-state index contributed by atoms with van der Waals surface area (Å²) in [5.41, 5.74) is 5.75. The number of carbonyl (C=O) groups excluding carboxylic acids is 3. The van der Waals surface area contributed by atoms with Crippen LogP contribution >= 0.6 is 15.9 Å². The molecule has 1 spiro atoms. The fraction of sp³-hybridized carbons (Fsp3) is 0.560. The minimum absolute atomic E-state index is 0.0408. The van der Waals surface area contributed by atoms with Crippen molar-refractivity contribution in [3.8, 4) is 0 Å². The lowest BCUT2D eigenvalue weighted by atomic mass is 9.63. The Morgan fingerprint density at radius 3 is 2.34 bits per heavy atom. The number of benzene rings is 1. The van der Waals surface area contributed by atoms with E-state index in [0.717, 1.165) is 55.2 Å². The van der Waals surface area contributed by atoms with Crippen LogP contribution in [0.2, 0.25) is 0 Å². The summed E-state index contributed by atoms with van der Waals surface area (Å²) in [6.45, 7) is 3.22. The summed E-state index contributed by atoms with van der Waals surface area (Å²) in [4.78, 5) is 41.8. The molecule has 3 aliphatic carbocycles. The van der Waals surface area contributed by atoms with E-state index in [1.54, 1.807) is 6.92 Å². The van der Waals surface area contributed by atoms with E-state index in [1.165, 1.54) is 0 Å². The number of hydrogen-bond donors (Lipinski definition) is 2. The molecule has 7 heteroatoms. The summed E-state index contributed by atoms with van der Waals surface area (Å²) in [7, 11) is 0. The van der Waals surface area contributed by atoms with Gasteiger partial charge in [-0.2, -0.15) is 0 Å². The van der Waals surface area contributed by atoms with E-state index in [9.17, 15) is 14.4 Å². The zero-order valence-electron chi connectivity index (χ0n) is 18.4. The van der Waals surface area contributed by atoms with Crippen LogP contribution in [0.5, 0.6) is 0 Å². The molecule has 6 nitrogen and oxygen atoms in total. The predicted molar refractivity (Wildman–Crippen MR) is 124 cm³/mol. The highest BCUT2D eigenvalue weighted by Crippen LogP contribution is 2.75. The number of nitrogens with two attached hydrogens (primary N) is 1. The predicted octanol–water partition coefficient (Wildman–Crippen LogP) is 2.90. The third kappa shape index (κ3) is 3.00. The van der Waals surface area contributed by atoms with Crippen LogP contribution in [0.3, 0.4) is 0 Å². The Balaban J connectivity index is 1.49. The highest BCUT2D eigenvalue weighted by atomic mass is 79.9. The number of nitrogens with one attached hydrogen (secondary N) is 1. The fourth-order valence-electron chi connectivity index (χ4n) is 6.79. The molecule has 4 aliphatic rings. The summed E-state index contributed by atoms with van der Waals surface area (Å²) >= 11 is 3.46. The van der Waals surface area contributed by atoms with Gasteiger partial charge in [-0.25, -0.2) is 0 Å². The van der Waals surface area contributed by atoms with Crippen molar-refractivity contribution >= 4 is 33.7 Å². The number of piperidine rings is 1. The molecular weight excluding hydrogens is 470 g/mol. The Morgan fingerprint density at radius 1 is 1.09 bits per heavy atom. The summed E-state index contributed by atoms with van der Waals surface area (Å²) < 4.78 is 0.905. The minimum Gasteiger partial charge on any atom is -0.369 e. The van der Waals surface area contributed by atoms with Gasteiger partial charge in [0.25, 0.3) is 0 Å². The molecule has 2 bridgehead atoms. The third-order valence-corrected chi connectivity index (χ3v) is 8.90. The van der Waals surface area contributed by atoms with E-state index in [-0.39, 0.29) is 29.1 Å². The van der Waals surface area contributed by atoms with E-state index >= 15 is 0 Å². The van der Waals surface area contributed by atoms with Gasteiger partial charge < -0.3 is 16.0 Å². The second-order valence-electron chi connectivity index (χ2n) is 9.96. The molecule has 1 saturated heterocycles. The molecule has 3 N–H and O–H groups in total. The molecule has 3 amide bonds. The van der Waals surface area contributed by atoms with Crippen LogP contribution < -0.4 is 11.1 Å². The maximum Gasteiger partial charge on any atom is 0.244 e. The van der Waals surface area contributed by atoms with E-state index in [2.05, 4.69) is 33.4 Å². The van der Waals surface area contributed by atoms with Crippen LogP contribution in [-0.2, 0) is 19.8 Å². The third-order valence-electron chi connectivity index (χ3n) is 8.37. The van der Waals surface area contributed by atoms with Crippen molar-refractivity contribution in [2.24, 2.45) is 28.9 Å². The standard InChI is InChI=1S/C25H30BrN3O3/c1-15(22(31)29-13-3-2-4-14-29)28-21(30)20-18-9-10-19(24(18)11-12-24)25(20,23(27)32)16-5-7-17(26)8-6-16/h5-10,15,18-20H,2-4,11-14H2,1H3,(H2,27,32)(H,28,30)/t15?,18-,19+,20+,25-/m1/s1. The molecule has 2 saturated carbocycles. The molecule has 32 heavy (non-hydrogen) atoms. The molecule has 170 valence electrons. The van der Waals surface area contributed by atoms with Crippen molar-refractivity contribution in [2.45, 2.75) is 50.5 Å². The second-order valence-corrected chi connectivity index (χ2v) is 10.9. The molecular formula is C25H30BrN3O3. The number of carbonyl (C=O) groups is 3. The van der Waals surface area contributed by atoms with Crippen molar-refractivity contribution < 1.29 is 14.4 Å². The van der Waals surface area contributed by atoms with Crippen LogP contribution in [0.4, 0.5) is 0 Å². The molecule has 1 aromatic carbocycles. The normalized spacial score (nSPS) is 32.7. The zero-order chi connectivity index (χ0) is 22.7. The topological polar surface area (TPSA) is 92.5 Å². The molecule has 1 unspecified atom stereocenters. The summed E-state index contributed by atoms with van der Waals surface area (Å²) in [6.07, 6.45) is 9.34. The lowest BCUT2D eigenvalue weighted by Gasteiger charge is -2.39. The second kappa shape index (κ2) is 7.72. The first-order valence-corrected chi connectivity index (χ1v) is 12.4. The number of amides is 3. The van der Waals surface area contributed by atoms with Crippen molar-refractivity contribution in [1.29, 1.82) is 0 Å². The van der Waals surface area contributed by atoms with E-state index in [4.69, 9.17) is 5.73 Å². The number of rotatable bonds is 5. The van der Waals surface area contributed by atoms with Crippen molar-refractivity contribution in [3.63, 3.8) is 0 Å². The first-order chi connectivity index (χ1) is 15.3. The Hall–Kier alpha value is -2.15. The SMILES string of the molecule is CC(NC(=O)[C@@H]1[C@H]2C=C[C@@H](C23CC3)[C@]1(C(N)=O)c1ccc(Br)cc1)C(=O)N1CCCCC1. The largest absolute Gasteiger partial charge is 0.369 e. The number of halogens is 1. The highest BCUT2D eigenvalue weighted by Gasteiger charge is 2.76. The number of nitrogens with zero attached hydrogens (tertiary/aromatic N) is 1. The summed E-state index contributed by atoms with van der Waals surface area (Å²) in [5, 5.41) is 2.98. The number of allylic oxidation sites excluding steroid dienone is 2. The summed E-state index contributed by atoms with van der Waals surface area (Å²) in [5.74, 6) is -1.50. The molecule has 1 aliphatic heterocycles. The van der Waals surface area contributed by atoms with Gasteiger partial charge in [-0.05, 0) is 68.1 Å². The van der Waals surface area contributed by atoms with E-state index in [0.29, 0.717) is 0 Å². The van der Waals surface area contributed by atoms with Gasteiger partial charge in [-0.1, -0.05) is 40.2 Å². The molecule has 5 atom stereocenters. The monoisotopic (exact) mass is 499 g/mol. The Labute approximate surface area is 197 Å². The highest BCUT2D eigenvalue weighted by molar-refractivity contribution is 9.10. The van der Waals surface area contributed by atoms with Gasteiger partial charge in [0.1, 0.15) is 6.04 Å². The minimum atomic E-state index is -1.10. The van der Waals surface area contributed by atoms with Crippen LogP contribution in [0.25, 0.3) is 0 Å².